The molecule has 0 aliphatic carbocycles. The molecule has 5 heterocycles. The monoisotopic (exact) mass is 351 g/mol. The van der Waals surface area contributed by atoms with Gasteiger partial charge < -0.3 is 14.8 Å². The van der Waals surface area contributed by atoms with Crippen molar-refractivity contribution >= 4 is 22.8 Å². The number of amides is 1. The maximum absolute atomic E-state index is 12.8. The number of hydrogen-bond donors (Lipinski definition) is 2. The van der Waals surface area contributed by atoms with Gasteiger partial charge in [0.2, 0.25) is 0 Å². The predicted octanol–water partition coefficient (Wildman–Crippen LogP) is 0.453. The van der Waals surface area contributed by atoms with Crippen LogP contribution in [0.3, 0.4) is 0 Å². The lowest BCUT2D eigenvalue weighted by molar-refractivity contribution is 0.0718. The number of piperazine rings is 1. The summed E-state index contributed by atoms with van der Waals surface area (Å²) in [5.41, 5.74) is 1.33. The molecule has 0 unspecified atom stereocenters. The Balaban J connectivity index is 1.40. The summed E-state index contributed by atoms with van der Waals surface area (Å²) >= 11 is 0. The van der Waals surface area contributed by atoms with Crippen molar-refractivity contribution in [2.24, 2.45) is 0 Å². The zero-order valence-electron chi connectivity index (χ0n) is 14.1. The highest BCUT2D eigenvalue weighted by atomic mass is 16.2. The number of nitrogens with one attached hydrogen (secondary N) is 2. The van der Waals surface area contributed by atoms with E-state index in [2.05, 4.69) is 30.0 Å². The Kier molecular flexibility index (Phi) is 3.12. The summed E-state index contributed by atoms with van der Waals surface area (Å²) in [4.78, 5) is 40.2. The van der Waals surface area contributed by atoms with Crippen LogP contribution in [-0.4, -0.2) is 61.1 Å². The van der Waals surface area contributed by atoms with Crippen LogP contribution < -0.4 is 10.5 Å². The molecule has 2 aliphatic rings. The van der Waals surface area contributed by atoms with Crippen LogP contribution in [0.15, 0.2) is 29.5 Å². The first kappa shape index (κ1) is 15.1. The molecule has 1 amide bonds. The van der Waals surface area contributed by atoms with Crippen molar-refractivity contribution in [2.75, 3.05) is 18.0 Å². The minimum Gasteiger partial charge on any atom is -0.349 e. The zero-order chi connectivity index (χ0) is 17.8. The third kappa shape index (κ3) is 2.13. The topological polar surface area (TPSA) is 111 Å². The number of aryl methyl sites for hydroxylation is 1. The minimum absolute atomic E-state index is 0.116. The quantitative estimate of drug-likeness (QED) is 0.694. The second-order valence-corrected chi connectivity index (χ2v) is 6.86. The normalized spacial score (nSPS) is 21.7. The van der Waals surface area contributed by atoms with E-state index >= 15 is 0 Å². The number of carbonyl (C=O) groups is 1. The van der Waals surface area contributed by atoms with Gasteiger partial charge in [-0.05, 0) is 25.5 Å². The Labute approximate surface area is 148 Å². The molecule has 26 heavy (non-hydrogen) atoms. The Morgan fingerprint density at radius 3 is 2.92 bits per heavy atom. The van der Waals surface area contributed by atoms with Gasteiger partial charge in [0.05, 0.1) is 17.5 Å². The van der Waals surface area contributed by atoms with Crippen LogP contribution in [0.5, 0.6) is 0 Å². The van der Waals surface area contributed by atoms with Crippen LogP contribution in [-0.2, 0) is 0 Å². The molecule has 132 valence electrons. The number of fused-ring (bicyclic) bond motifs is 3. The molecule has 0 spiro atoms. The summed E-state index contributed by atoms with van der Waals surface area (Å²) in [5.74, 6) is 0.778. The minimum atomic E-state index is -0.269. The number of aromatic amines is 2. The van der Waals surface area contributed by atoms with Crippen molar-refractivity contribution in [3.05, 3.63) is 46.3 Å². The molecule has 3 aromatic heterocycles. The lowest BCUT2D eigenvalue weighted by Gasteiger charge is -2.34. The Hall–Kier alpha value is -3.23. The van der Waals surface area contributed by atoms with Gasteiger partial charge in [-0.1, -0.05) is 0 Å². The maximum Gasteiger partial charge on any atom is 0.274 e. The average Bonchev–Trinajstić information content (AvgIpc) is 3.37. The van der Waals surface area contributed by atoms with Crippen LogP contribution in [0.2, 0.25) is 0 Å². The van der Waals surface area contributed by atoms with Gasteiger partial charge in [0.25, 0.3) is 11.5 Å². The van der Waals surface area contributed by atoms with E-state index in [1.54, 1.807) is 19.3 Å². The molecule has 2 fully saturated rings. The molecule has 9 heteroatoms. The van der Waals surface area contributed by atoms with Crippen molar-refractivity contribution in [2.45, 2.75) is 25.4 Å². The number of hydrogen-bond acceptors (Lipinski definition) is 6. The van der Waals surface area contributed by atoms with Crippen LogP contribution in [0.1, 0.15) is 22.5 Å². The van der Waals surface area contributed by atoms with Crippen LogP contribution in [0, 0.1) is 6.92 Å². The molecule has 0 aromatic carbocycles. The number of anilines is 1. The first-order valence-electron chi connectivity index (χ1n) is 8.54. The molecule has 0 radical (unpaired) electrons. The molecule has 2 atom stereocenters. The number of H-pyrrole nitrogens is 2. The van der Waals surface area contributed by atoms with Crippen LogP contribution >= 0.6 is 0 Å². The number of nitrogens with zero attached hydrogens (tertiary/aromatic N) is 5. The van der Waals surface area contributed by atoms with Crippen LogP contribution in [0.4, 0.5) is 5.82 Å². The summed E-state index contributed by atoms with van der Waals surface area (Å²) < 4.78 is 0. The van der Waals surface area contributed by atoms with E-state index in [0.717, 1.165) is 29.8 Å². The van der Waals surface area contributed by atoms with Gasteiger partial charge in [-0.2, -0.15) is 5.10 Å². The third-order valence-electron chi connectivity index (χ3n) is 5.31. The van der Waals surface area contributed by atoms with Gasteiger partial charge in [0, 0.05) is 24.8 Å². The summed E-state index contributed by atoms with van der Waals surface area (Å²) in [6, 6.07) is 3.87. The van der Waals surface area contributed by atoms with E-state index in [-0.39, 0.29) is 29.2 Å². The van der Waals surface area contributed by atoms with Gasteiger partial charge in [0.15, 0.2) is 0 Å². The van der Waals surface area contributed by atoms with Crippen molar-refractivity contribution in [3.63, 3.8) is 0 Å². The molecular weight excluding hydrogens is 334 g/mol. The Bertz CT molecular complexity index is 1070. The molecule has 2 N–H and O–H groups in total. The third-order valence-corrected chi connectivity index (χ3v) is 5.31. The second kappa shape index (κ2) is 5.38. The largest absolute Gasteiger partial charge is 0.349 e. The molecule has 5 rings (SSSR count). The highest BCUT2D eigenvalue weighted by Crippen LogP contribution is 2.36. The van der Waals surface area contributed by atoms with E-state index < -0.39 is 0 Å². The Morgan fingerprint density at radius 2 is 2.15 bits per heavy atom. The number of rotatable bonds is 2. The van der Waals surface area contributed by atoms with Crippen LogP contribution in [0.25, 0.3) is 11.0 Å². The van der Waals surface area contributed by atoms with Gasteiger partial charge in [-0.15, -0.1) is 0 Å². The van der Waals surface area contributed by atoms with E-state index in [9.17, 15) is 9.59 Å². The van der Waals surface area contributed by atoms with Gasteiger partial charge in [0.1, 0.15) is 23.5 Å². The molecule has 0 saturated carbocycles. The summed E-state index contributed by atoms with van der Waals surface area (Å²) in [5, 5.41) is 7.29. The molecule has 9 nitrogen and oxygen atoms in total. The predicted molar refractivity (Wildman–Crippen MR) is 94.1 cm³/mol. The molecule has 2 bridgehead atoms. The maximum atomic E-state index is 12.8. The van der Waals surface area contributed by atoms with E-state index in [1.165, 1.54) is 0 Å². The fourth-order valence-corrected chi connectivity index (χ4v) is 4.02. The lowest BCUT2D eigenvalue weighted by atomic mass is 10.2. The summed E-state index contributed by atoms with van der Waals surface area (Å²) in [6.45, 7) is 3.03. The highest BCUT2D eigenvalue weighted by Gasteiger charge is 2.46. The van der Waals surface area contributed by atoms with Crippen molar-refractivity contribution in [1.82, 2.24) is 30.0 Å². The SMILES string of the molecule is Cc1cc(C(=O)N2C[C@@H]3C[C@H]2CN3c2ncnc3[nH]ccc23)n[nH]c1=O. The zero-order valence-corrected chi connectivity index (χ0v) is 14.1. The number of likely N-dealkylation sites (tertiary alicyclic amines) is 1. The standard InChI is InChI=1S/C17H17N7O2/c1-9-4-13(21-22-16(9)25)17(26)24-7-10-5-11(24)6-23(10)15-12-2-3-18-14(12)19-8-20-15/h2-4,8,10-11H,5-7H2,1H3,(H,22,25)(H,18,19,20)/t10-,11-/m0/s1. The van der Waals surface area contributed by atoms with Crippen molar-refractivity contribution < 1.29 is 4.79 Å². The van der Waals surface area contributed by atoms with E-state index in [1.807, 2.05) is 17.2 Å². The average molecular weight is 351 g/mol. The molecule has 3 aromatic rings. The van der Waals surface area contributed by atoms with Crippen molar-refractivity contribution in [3.8, 4) is 0 Å². The molecule has 2 aliphatic heterocycles. The fourth-order valence-electron chi connectivity index (χ4n) is 4.02. The number of carbonyl (C=O) groups excluding carboxylic acids is 1. The smallest absolute Gasteiger partial charge is 0.274 e. The van der Waals surface area contributed by atoms with Gasteiger partial charge >= 0.3 is 0 Å². The fraction of sp³-hybridized carbons (Fsp3) is 0.353. The first-order chi connectivity index (χ1) is 12.6. The molecular formula is C17H17N7O2. The summed E-state index contributed by atoms with van der Waals surface area (Å²) in [6.07, 6.45) is 4.33. The number of aromatic nitrogens is 5. The van der Waals surface area contributed by atoms with Crippen molar-refractivity contribution in [1.29, 1.82) is 0 Å². The van der Waals surface area contributed by atoms with Gasteiger partial charge in [-0.3, -0.25) is 9.59 Å². The first-order valence-corrected chi connectivity index (χ1v) is 8.54. The summed E-state index contributed by atoms with van der Waals surface area (Å²) in [7, 11) is 0. The molecule has 2 saturated heterocycles. The van der Waals surface area contributed by atoms with E-state index in [0.29, 0.717) is 12.1 Å². The Morgan fingerprint density at radius 1 is 1.27 bits per heavy atom. The highest BCUT2D eigenvalue weighted by molar-refractivity contribution is 5.93. The van der Waals surface area contributed by atoms with E-state index in [4.69, 9.17) is 0 Å². The van der Waals surface area contributed by atoms with Gasteiger partial charge in [-0.25, -0.2) is 15.1 Å². The second-order valence-electron chi connectivity index (χ2n) is 6.86. The lowest BCUT2D eigenvalue weighted by Crippen LogP contribution is -2.49.